The van der Waals surface area contributed by atoms with Gasteiger partial charge in [0.15, 0.2) is 5.96 Å². The molecule has 0 aromatic carbocycles. The highest BCUT2D eigenvalue weighted by Gasteiger charge is 2.16. The van der Waals surface area contributed by atoms with Crippen LogP contribution in [0.4, 0.5) is 0 Å². The second kappa shape index (κ2) is 11.7. The summed E-state index contributed by atoms with van der Waals surface area (Å²) in [5.41, 5.74) is 0. The van der Waals surface area contributed by atoms with Crippen molar-refractivity contribution < 1.29 is 0 Å². The van der Waals surface area contributed by atoms with Crippen molar-refractivity contribution in [2.24, 2.45) is 10.9 Å². The molecule has 5 heteroatoms. The van der Waals surface area contributed by atoms with Gasteiger partial charge in [0.05, 0.1) is 0 Å². The molecule has 2 aliphatic heterocycles. The van der Waals surface area contributed by atoms with Gasteiger partial charge in [-0.1, -0.05) is 12.8 Å². The number of likely N-dealkylation sites (tertiary alicyclic amines) is 2. The Balaban J connectivity index is 1.50. The number of nitrogens with one attached hydrogen (secondary N) is 2. The first-order chi connectivity index (χ1) is 11.8. The summed E-state index contributed by atoms with van der Waals surface area (Å²) in [5, 5.41) is 6.96. The lowest BCUT2D eigenvalue weighted by Crippen LogP contribution is -2.40. The summed E-state index contributed by atoms with van der Waals surface area (Å²) in [5.74, 6) is 1.86. The van der Waals surface area contributed by atoms with Crippen LogP contribution in [0.25, 0.3) is 0 Å². The maximum Gasteiger partial charge on any atom is 0.190 e. The summed E-state index contributed by atoms with van der Waals surface area (Å²) in [6.45, 7) is 8.39. The van der Waals surface area contributed by atoms with Gasteiger partial charge in [-0.05, 0) is 84.2 Å². The number of aliphatic imine (C=N–C) groups is 1. The van der Waals surface area contributed by atoms with Gasteiger partial charge >= 0.3 is 0 Å². The number of rotatable bonds is 7. The quantitative estimate of drug-likeness (QED) is 0.424. The lowest BCUT2D eigenvalue weighted by molar-refractivity contribution is 0.213. The van der Waals surface area contributed by atoms with E-state index < -0.39 is 0 Å². The fourth-order valence-electron chi connectivity index (χ4n) is 3.84. The van der Waals surface area contributed by atoms with Gasteiger partial charge in [0, 0.05) is 20.1 Å². The lowest BCUT2D eigenvalue weighted by Gasteiger charge is -2.29. The molecule has 0 bridgehead atoms. The van der Waals surface area contributed by atoms with Gasteiger partial charge in [-0.2, -0.15) is 0 Å². The summed E-state index contributed by atoms with van der Waals surface area (Å²) in [6.07, 6.45) is 10.8. The molecule has 0 unspecified atom stereocenters. The lowest BCUT2D eigenvalue weighted by atomic mass is 9.94. The third-order valence-corrected chi connectivity index (χ3v) is 5.55. The van der Waals surface area contributed by atoms with E-state index in [1.807, 2.05) is 7.05 Å². The number of guanidine groups is 1. The van der Waals surface area contributed by atoms with Gasteiger partial charge in [-0.25, -0.2) is 0 Å². The highest BCUT2D eigenvalue weighted by molar-refractivity contribution is 5.79. The van der Waals surface area contributed by atoms with Crippen LogP contribution in [0.2, 0.25) is 0 Å². The van der Waals surface area contributed by atoms with E-state index in [1.165, 1.54) is 84.1 Å². The first-order valence-electron chi connectivity index (χ1n) is 10.1. The van der Waals surface area contributed by atoms with Crippen molar-refractivity contribution in [2.45, 2.75) is 51.4 Å². The molecule has 2 N–H and O–H groups in total. The van der Waals surface area contributed by atoms with Crippen LogP contribution >= 0.6 is 0 Å². The number of piperidine rings is 1. The van der Waals surface area contributed by atoms with Crippen LogP contribution in [0, 0.1) is 5.92 Å². The van der Waals surface area contributed by atoms with Gasteiger partial charge < -0.3 is 20.4 Å². The molecule has 24 heavy (non-hydrogen) atoms. The predicted molar refractivity (Wildman–Crippen MR) is 104 cm³/mol. The van der Waals surface area contributed by atoms with Crippen LogP contribution in [0.5, 0.6) is 0 Å². The van der Waals surface area contributed by atoms with Gasteiger partial charge in [0.2, 0.25) is 0 Å². The second-order valence-electron chi connectivity index (χ2n) is 7.57. The maximum atomic E-state index is 4.35. The highest BCUT2D eigenvalue weighted by atomic mass is 15.2. The van der Waals surface area contributed by atoms with E-state index in [4.69, 9.17) is 0 Å². The van der Waals surface area contributed by atoms with Crippen molar-refractivity contribution in [3.63, 3.8) is 0 Å². The topological polar surface area (TPSA) is 42.9 Å². The van der Waals surface area contributed by atoms with Crippen LogP contribution in [0.15, 0.2) is 4.99 Å². The van der Waals surface area contributed by atoms with E-state index in [0.29, 0.717) is 0 Å². The summed E-state index contributed by atoms with van der Waals surface area (Å²) < 4.78 is 0. The normalized spacial score (nSPS) is 22.3. The van der Waals surface area contributed by atoms with Crippen LogP contribution in [-0.2, 0) is 0 Å². The molecule has 0 aromatic heterocycles. The van der Waals surface area contributed by atoms with Crippen molar-refractivity contribution >= 4 is 5.96 Å². The molecule has 2 saturated heterocycles. The minimum atomic E-state index is 0.884. The Kier molecular flexibility index (Phi) is 9.51. The molecule has 0 atom stereocenters. The average molecular weight is 338 g/mol. The first kappa shape index (κ1) is 19.5. The second-order valence-corrected chi connectivity index (χ2v) is 7.57. The molecule has 0 radical (unpaired) electrons. The molecule has 0 saturated carbocycles. The van der Waals surface area contributed by atoms with Gasteiger partial charge in [0.1, 0.15) is 0 Å². The molecule has 2 aliphatic rings. The van der Waals surface area contributed by atoms with E-state index in [-0.39, 0.29) is 0 Å². The largest absolute Gasteiger partial charge is 0.356 e. The highest BCUT2D eigenvalue weighted by Crippen LogP contribution is 2.18. The summed E-state index contributed by atoms with van der Waals surface area (Å²) in [6, 6.07) is 0. The molecular weight excluding hydrogens is 298 g/mol. The van der Waals surface area contributed by atoms with E-state index in [2.05, 4.69) is 32.5 Å². The first-order valence-corrected chi connectivity index (χ1v) is 10.1. The number of nitrogens with zero attached hydrogens (tertiary/aromatic N) is 3. The smallest absolute Gasteiger partial charge is 0.190 e. The molecule has 0 aliphatic carbocycles. The Morgan fingerprint density at radius 1 is 0.958 bits per heavy atom. The molecule has 2 heterocycles. The molecule has 0 spiro atoms. The Morgan fingerprint density at radius 3 is 2.29 bits per heavy atom. The van der Waals surface area contributed by atoms with Crippen molar-refractivity contribution in [1.82, 2.24) is 20.4 Å². The zero-order chi connectivity index (χ0) is 17.0. The zero-order valence-electron chi connectivity index (χ0n) is 16.0. The third-order valence-electron chi connectivity index (χ3n) is 5.55. The molecule has 140 valence electrons. The van der Waals surface area contributed by atoms with Crippen molar-refractivity contribution in [2.75, 3.05) is 59.9 Å². The Labute approximate surface area is 149 Å². The number of hydrogen-bond acceptors (Lipinski definition) is 3. The maximum absolute atomic E-state index is 4.35. The zero-order valence-corrected chi connectivity index (χ0v) is 16.0. The van der Waals surface area contributed by atoms with E-state index in [0.717, 1.165) is 25.0 Å². The molecule has 0 amide bonds. The molecule has 5 nitrogen and oxygen atoms in total. The fourth-order valence-corrected chi connectivity index (χ4v) is 3.84. The summed E-state index contributed by atoms with van der Waals surface area (Å²) in [7, 11) is 4.10. The monoisotopic (exact) mass is 337 g/mol. The van der Waals surface area contributed by atoms with Crippen LogP contribution in [0.3, 0.4) is 0 Å². The summed E-state index contributed by atoms with van der Waals surface area (Å²) in [4.78, 5) is 9.42. The number of hydrogen-bond donors (Lipinski definition) is 2. The minimum Gasteiger partial charge on any atom is -0.356 e. The summed E-state index contributed by atoms with van der Waals surface area (Å²) >= 11 is 0. The minimum absolute atomic E-state index is 0.884. The van der Waals surface area contributed by atoms with Gasteiger partial charge in [0.25, 0.3) is 0 Å². The van der Waals surface area contributed by atoms with Crippen molar-refractivity contribution in [1.29, 1.82) is 0 Å². The van der Waals surface area contributed by atoms with E-state index in [1.54, 1.807) is 0 Å². The molecule has 2 rings (SSSR count). The van der Waals surface area contributed by atoms with Gasteiger partial charge in [-0.15, -0.1) is 0 Å². The molecular formula is C19H39N5. The Morgan fingerprint density at radius 2 is 1.62 bits per heavy atom. The van der Waals surface area contributed by atoms with Crippen molar-refractivity contribution in [3.8, 4) is 0 Å². The van der Waals surface area contributed by atoms with Gasteiger partial charge in [-0.3, -0.25) is 4.99 Å². The fraction of sp³-hybridized carbons (Fsp3) is 0.947. The molecule has 0 aromatic rings. The standard InChI is InChI=1S/C19H39N5/c1-20-19(22-12-8-18-9-16-23(2)17-10-18)21-11-7-15-24-13-5-3-4-6-14-24/h18H,3-17H2,1-2H3,(H2,20,21,22). The Bertz CT molecular complexity index is 342. The third kappa shape index (κ3) is 7.84. The van der Waals surface area contributed by atoms with E-state index in [9.17, 15) is 0 Å². The SMILES string of the molecule is CN=C(NCCCN1CCCCCC1)NCCC1CCN(C)CC1. The predicted octanol–water partition coefficient (Wildman–Crippen LogP) is 2.15. The average Bonchev–Trinajstić information content (AvgIpc) is 2.87. The molecule has 2 fully saturated rings. The van der Waals surface area contributed by atoms with Crippen LogP contribution in [-0.4, -0.2) is 75.7 Å². The van der Waals surface area contributed by atoms with Crippen molar-refractivity contribution in [3.05, 3.63) is 0 Å². The van der Waals surface area contributed by atoms with Crippen LogP contribution in [0.1, 0.15) is 51.4 Å². The van der Waals surface area contributed by atoms with Crippen LogP contribution < -0.4 is 10.6 Å². The van der Waals surface area contributed by atoms with E-state index >= 15 is 0 Å². The Hall–Kier alpha value is -0.810.